The van der Waals surface area contributed by atoms with Crippen molar-refractivity contribution in [1.29, 1.82) is 0 Å². The minimum absolute atomic E-state index is 0.285. The molecule has 1 heterocycles. The second-order valence-corrected chi connectivity index (χ2v) is 4.69. The van der Waals surface area contributed by atoms with Crippen molar-refractivity contribution < 1.29 is 4.74 Å². The molecule has 16 heavy (non-hydrogen) atoms. The molecule has 2 rings (SSSR count). The van der Waals surface area contributed by atoms with Crippen LogP contribution in [-0.4, -0.2) is 20.2 Å². The highest BCUT2D eigenvalue weighted by Crippen LogP contribution is 2.36. The average Bonchev–Trinajstić information content (AvgIpc) is 2.71. The van der Waals surface area contributed by atoms with E-state index in [-0.39, 0.29) is 6.10 Å². The Morgan fingerprint density at radius 1 is 1.38 bits per heavy atom. The van der Waals surface area contributed by atoms with Gasteiger partial charge in [0.2, 0.25) is 0 Å². The van der Waals surface area contributed by atoms with Gasteiger partial charge in [-0.05, 0) is 44.0 Å². The molecule has 0 radical (unpaired) electrons. The molecule has 88 valence electrons. The largest absolute Gasteiger partial charge is 0.373 e. The van der Waals surface area contributed by atoms with Crippen molar-refractivity contribution in [3.05, 3.63) is 34.9 Å². The van der Waals surface area contributed by atoms with Gasteiger partial charge in [-0.3, -0.25) is 0 Å². The van der Waals surface area contributed by atoms with Gasteiger partial charge in [-0.2, -0.15) is 0 Å². The summed E-state index contributed by atoms with van der Waals surface area (Å²) in [6.45, 7) is 6.30. The molecule has 0 aliphatic carbocycles. The fourth-order valence-electron chi connectivity index (χ4n) is 2.53. The second kappa shape index (κ2) is 4.98. The van der Waals surface area contributed by atoms with Crippen molar-refractivity contribution in [2.45, 2.75) is 26.4 Å². The van der Waals surface area contributed by atoms with E-state index in [4.69, 9.17) is 4.74 Å². The lowest BCUT2D eigenvalue weighted by Crippen LogP contribution is -2.22. The SMILES string of the molecule is CNCC1CCOC1c1cccc(C)c1C. The highest BCUT2D eigenvalue weighted by atomic mass is 16.5. The molecule has 0 aromatic heterocycles. The quantitative estimate of drug-likeness (QED) is 0.843. The van der Waals surface area contributed by atoms with Crippen LogP contribution in [0, 0.1) is 19.8 Å². The van der Waals surface area contributed by atoms with E-state index in [2.05, 4.69) is 37.4 Å². The molecule has 2 atom stereocenters. The van der Waals surface area contributed by atoms with E-state index >= 15 is 0 Å². The van der Waals surface area contributed by atoms with Gasteiger partial charge in [0.05, 0.1) is 6.10 Å². The van der Waals surface area contributed by atoms with E-state index in [1.54, 1.807) is 0 Å². The number of nitrogens with one attached hydrogen (secondary N) is 1. The Morgan fingerprint density at radius 2 is 2.19 bits per heavy atom. The summed E-state index contributed by atoms with van der Waals surface area (Å²) in [5.74, 6) is 0.616. The van der Waals surface area contributed by atoms with Crippen LogP contribution in [0.15, 0.2) is 18.2 Å². The monoisotopic (exact) mass is 219 g/mol. The number of benzene rings is 1. The summed E-state index contributed by atoms with van der Waals surface area (Å²) < 4.78 is 5.90. The lowest BCUT2D eigenvalue weighted by molar-refractivity contribution is 0.0904. The molecular formula is C14H21NO. The molecule has 1 N–H and O–H groups in total. The first kappa shape index (κ1) is 11.6. The average molecular weight is 219 g/mol. The highest BCUT2D eigenvalue weighted by molar-refractivity contribution is 5.35. The van der Waals surface area contributed by atoms with Gasteiger partial charge in [-0.15, -0.1) is 0 Å². The fourth-order valence-corrected chi connectivity index (χ4v) is 2.53. The van der Waals surface area contributed by atoms with Gasteiger partial charge in [-0.1, -0.05) is 18.2 Å². The van der Waals surface area contributed by atoms with Gasteiger partial charge in [0.25, 0.3) is 0 Å². The van der Waals surface area contributed by atoms with Crippen LogP contribution in [-0.2, 0) is 4.74 Å². The van der Waals surface area contributed by atoms with Crippen LogP contribution in [0.3, 0.4) is 0 Å². The predicted octanol–water partition coefficient (Wildman–Crippen LogP) is 2.60. The predicted molar refractivity (Wildman–Crippen MR) is 66.6 cm³/mol. The van der Waals surface area contributed by atoms with Gasteiger partial charge in [0.1, 0.15) is 0 Å². The third-order valence-corrected chi connectivity index (χ3v) is 3.63. The van der Waals surface area contributed by atoms with Crippen molar-refractivity contribution in [3.63, 3.8) is 0 Å². The zero-order chi connectivity index (χ0) is 11.5. The molecule has 0 saturated carbocycles. The van der Waals surface area contributed by atoms with E-state index in [1.165, 1.54) is 23.1 Å². The Labute approximate surface area is 98.0 Å². The molecule has 2 nitrogen and oxygen atoms in total. The topological polar surface area (TPSA) is 21.3 Å². The maximum absolute atomic E-state index is 5.90. The third-order valence-electron chi connectivity index (χ3n) is 3.63. The Morgan fingerprint density at radius 3 is 2.94 bits per heavy atom. The van der Waals surface area contributed by atoms with Gasteiger partial charge < -0.3 is 10.1 Å². The zero-order valence-electron chi connectivity index (χ0n) is 10.4. The molecule has 1 aromatic carbocycles. The van der Waals surface area contributed by atoms with Crippen molar-refractivity contribution in [1.82, 2.24) is 5.32 Å². The summed E-state index contributed by atoms with van der Waals surface area (Å²) in [7, 11) is 2.01. The summed E-state index contributed by atoms with van der Waals surface area (Å²) in [5, 5.41) is 3.26. The molecule has 0 spiro atoms. The molecule has 1 saturated heterocycles. The number of hydrogen-bond donors (Lipinski definition) is 1. The summed E-state index contributed by atoms with van der Waals surface area (Å²) in [6.07, 6.45) is 1.45. The first-order valence-electron chi connectivity index (χ1n) is 6.06. The van der Waals surface area contributed by atoms with E-state index < -0.39 is 0 Å². The van der Waals surface area contributed by atoms with Crippen LogP contribution in [0.5, 0.6) is 0 Å². The molecule has 1 aromatic rings. The molecule has 1 aliphatic rings. The number of ether oxygens (including phenoxy) is 1. The van der Waals surface area contributed by atoms with Gasteiger partial charge in [-0.25, -0.2) is 0 Å². The maximum atomic E-state index is 5.90. The van der Waals surface area contributed by atoms with Crippen LogP contribution in [0.1, 0.15) is 29.2 Å². The van der Waals surface area contributed by atoms with Gasteiger partial charge >= 0.3 is 0 Å². The lowest BCUT2D eigenvalue weighted by atomic mass is 9.91. The van der Waals surface area contributed by atoms with Crippen molar-refractivity contribution >= 4 is 0 Å². The summed E-state index contributed by atoms with van der Waals surface area (Å²) in [6, 6.07) is 6.51. The normalized spacial score (nSPS) is 24.9. The Kier molecular flexibility index (Phi) is 3.62. The first-order valence-corrected chi connectivity index (χ1v) is 6.06. The van der Waals surface area contributed by atoms with Crippen LogP contribution in [0.2, 0.25) is 0 Å². The van der Waals surface area contributed by atoms with E-state index in [1.807, 2.05) is 7.05 Å². The van der Waals surface area contributed by atoms with Gasteiger partial charge in [0.15, 0.2) is 0 Å². The van der Waals surface area contributed by atoms with Crippen LogP contribution >= 0.6 is 0 Å². The standard InChI is InChI=1S/C14H21NO/c1-10-5-4-6-13(11(10)2)14-12(9-15-3)7-8-16-14/h4-6,12,14-15H,7-9H2,1-3H3. The van der Waals surface area contributed by atoms with Gasteiger partial charge in [0, 0.05) is 19.1 Å². The Bertz CT molecular complexity index is 362. The maximum Gasteiger partial charge on any atom is 0.0868 e. The molecule has 1 fully saturated rings. The molecule has 1 aliphatic heterocycles. The lowest BCUT2D eigenvalue weighted by Gasteiger charge is -2.21. The van der Waals surface area contributed by atoms with Crippen LogP contribution in [0.25, 0.3) is 0 Å². The Hall–Kier alpha value is -0.860. The Balaban J connectivity index is 2.25. The molecule has 2 unspecified atom stereocenters. The third kappa shape index (κ3) is 2.13. The summed E-state index contributed by atoms with van der Waals surface area (Å²) in [4.78, 5) is 0. The molecule has 0 amide bonds. The van der Waals surface area contributed by atoms with Crippen molar-refractivity contribution in [2.24, 2.45) is 5.92 Å². The van der Waals surface area contributed by atoms with E-state index in [9.17, 15) is 0 Å². The van der Waals surface area contributed by atoms with Crippen LogP contribution in [0.4, 0.5) is 0 Å². The molecular weight excluding hydrogens is 198 g/mol. The van der Waals surface area contributed by atoms with E-state index in [0.29, 0.717) is 5.92 Å². The minimum atomic E-state index is 0.285. The van der Waals surface area contributed by atoms with Crippen molar-refractivity contribution in [3.8, 4) is 0 Å². The fraction of sp³-hybridized carbons (Fsp3) is 0.571. The number of hydrogen-bond acceptors (Lipinski definition) is 2. The molecule has 2 heteroatoms. The summed E-state index contributed by atoms with van der Waals surface area (Å²) in [5.41, 5.74) is 4.12. The zero-order valence-corrected chi connectivity index (χ0v) is 10.4. The van der Waals surface area contributed by atoms with Crippen molar-refractivity contribution in [2.75, 3.05) is 20.2 Å². The van der Waals surface area contributed by atoms with E-state index in [0.717, 1.165) is 13.2 Å². The smallest absolute Gasteiger partial charge is 0.0868 e. The number of rotatable bonds is 3. The molecule has 0 bridgehead atoms. The second-order valence-electron chi connectivity index (χ2n) is 4.69. The first-order chi connectivity index (χ1) is 7.74. The minimum Gasteiger partial charge on any atom is -0.373 e. The van der Waals surface area contributed by atoms with Crippen LogP contribution < -0.4 is 5.32 Å². The summed E-state index contributed by atoms with van der Waals surface area (Å²) >= 11 is 0. The number of aryl methyl sites for hydroxylation is 1. The highest BCUT2D eigenvalue weighted by Gasteiger charge is 2.30.